The minimum absolute atomic E-state index is 0.116. The maximum Gasteiger partial charge on any atom is 0.340 e. The van der Waals surface area contributed by atoms with Crippen molar-refractivity contribution in [3.05, 3.63) is 64.2 Å². The minimum atomic E-state index is -3.60. The molecule has 0 radical (unpaired) electrons. The molecule has 2 aromatic carbocycles. The van der Waals surface area contributed by atoms with Gasteiger partial charge in [-0.2, -0.15) is 0 Å². The Labute approximate surface area is 168 Å². The Kier molecular flexibility index (Phi) is 6.14. The van der Waals surface area contributed by atoms with Gasteiger partial charge >= 0.3 is 5.97 Å². The van der Waals surface area contributed by atoms with E-state index in [1.165, 1.54) is 37.4 Å². The van der Waals surface area contributed by atoms with Gasteiger partial charge in [0.25, 0.3) is 5.69 Å². The number of nitrogens with one attached hydrogen (secondary N) is 1. The number of benzene rings is 2. The highest BCUT2D eigenvalue weighted by atomic mass is 32.2. The number of carbonyl (C=O) groups excluding carboxylic acids is 1. The van der Waals surface area contributed by atoms with E-state index in [1.807, 2.05) is 4.90 Å². The van der Waals surface area contributed by atoms with Crippen LogP contribution in [0.1, 0.15) is 23.2 Å². The minimum Gasteiger partial charge on any atom is -0.465 e. The lowest BCUT2D eigenvalue weighted by Crippen LogP contribution is -2.45. The second kappa shape index (κ2) is 8.58. The number of non-ortho nitro benzene ring substituents is 1. The summed E-state index contributed by atoms with van der Waals surface area (Å²) in [5.41, 5.74) is 0.455. The van der Waals surface area contributed by atoms with Crippen LogP contribution in [0.3, 0.4) is 0 Å². The molecule has 1 aliphatic rings. The maximum absolute atomic E-state index is 12.5. The zero-order valence-electron chi connectivity index (χ0n) is 15.8. The van der Waals surface area contributed by atoms with Crippen LogP contribution in [0.2, 0.25) is 0 Å². The van der Waals surface area contributed by atoms with Crippen LogP contribution in [0.4, 0.5) is 11.4 Å². The summed E-state index contributed by atoms with van der Waals surface area (Å²) in [6.45, 7) is 0.980. The SMILES string of the molecule is COC(=O)c1cc([N+](=O)[O-])ccc1N1CCC(NS(=O)(=O)c2ccccc2)CC1. The average Bonchev–Trinajstić information content (AvgIpc) is 2.73. The van der Waals surface area contributed by atoms with Crippen molar-refractivity contribution in [3.8, 4) is 0 Å². The highest BCUT2D eigenvalue weighted by molar-refractivity contribution is 7.89. The number of hydrogen-bond donors (Lipinski definition) is 1. The summed E-state index contributed by atoms with van der Waals surface area (Å²) < 4.78 is 32.5. The van der Waals surface area contributed by atoms with Crippen molar-refractivity contribution in [2.45, 2.75) is 23.8 Å². The van der Waals surface area contributed by atoms with E-state index in [4.69, 9.17) is 4.74 Å². The summed E-state index contributed by atoms with van der Waals surface area (Å²) in [6, 6.07) is 12.0. The van der Waals surface area contributed by atoms with Crippen LogP contribution in [0, 0.1) is 10.1 Å². The number of sulfonamides is 1. The molecule has 3 rings (SSSR count). The third-order valence-electron chi connectivity index (χ3n) is 4.81. The number of nitro benzene ring substituents is 1. The van der Waals surface area contributed by atoms with E-state index in [0.717, 1.165) is 0 Å². The monoisotopic (exact) mass is 419 g/mol. The molecule has 1 saturated heterocycles. The fourth-order valence-corrected chi connectivity index (χ4v) is 4.64. The van der Waals surface area contributed by atoms with Gasteiger partial charge < -0.3 is 9.64 Å². The fourth-order valence-electron chi connectivity index (χ4n) is 3.31. The highest BCUT2D eigenvalue weighted by Crippen LogP contribution is 2.29. The van der Waals surface area contributed by atoms with Gasteiger partial charge in [-0.3, -0.25) is 10.1 Å². The molecule has 0 aromatic heterocycles. The first-order chi connectivity index (χ1) is 13.8. The van der Waals surface area contributed by atoms with Gasteiger partial charge in [0.15, 0.2) is 0 Å². The zero-order chi connectivity index (χ0) is 21.0. The molecule has 0 atom stereocenters. The maximum atomic E-state index is 12.5. The number of carbonyl (C=O) groups is 1. The Balaban J connectivity index is 1.72. The van der Waals surface area contributed by atoms with Gasteiger partial charge in [0.2, 0.25) is 10.0 Å². The average molecular weight is 419 g/mol. The number of nitrogens with zero attached hydrogens (tertiary/aromatic N) is 2. The van der Waals surface area contributed by atoms with Gasteiger partial charge in [-0.15, -0.1) is 0 Å². The van der Waals surface area contributed by atoms with Crippen LogP contribution in [0.25, 0.3) is 0 Å². The van der Waals surface area contributed by atoms with Gasteiger partial charge in [-0.25, -0.2) is 17.9 Å². The zero-order valence-corrected chi connectivity index (χ0v) is 16.6. The first-order valence-electron chi connectivity index (χ1n) is 9.01. The van der Waals surface area contributed by atoms with Crippen molar-refractivity contribution in [2.75, 3.05) is 25.1 Å². The number of nitro groups is 1. The van der Waals surface area contributed by atoms with E-state index in [2.05, 4.69) is 4.72 Å². The van der Waals surface area contributed by atoms with Gasteiger partial charge in [-0.05, 0) is 31.0 Å². The van der Waals surface area contributed by atoms with Gasteiger partial charge in [-0.1, -0.05) is 18.2 Å². The predicted octanol–water partition coefficient (Wildman–Crippen LogP) is 2.33. The Morgan fingerprint density at radius 3 is 2.41 bits per heavy atom. The number of piperidine rings is 1. The molecule has 0 amide bonds. The first-order valence-corrected chi connectivity index (χ1v) is 10.5. The Morgan fingerprint density at radius 2 is 1.83 bits per heavy atom. The van der Waals surface area contributed by atoms with E-state index in [0.29, 0.717) is 31.6 Å². The molecule has 2 aromatic rings. The Hall–Kier alpha value is -2.98. The number of methoxy groups -OCH3 is 1. The third kappa shape index (κ3) is 4.72. The smallest absolute Gasteiger partial charge is 0.340 e. The van der Waals surface area contributed by atoms with Crippen molar-refractivity contribution in [1.29, 1.82) is 0 Å². The van der Waals surface area contributed by atoms with Gasteiger partial charge in [0, 0.05) is 31.3 Å². The van der Waals surface area contributed by atoms with Crippen LogP contribution >= 0.6 is 0 Å². The molecular formula is C19H21N3O6S. The molecule has 1 N–H and O–H groups in total. The van der Waals surface area contributed by atoms with Crippen LogP contribution < -0.4 is 9.62 Å². The number of rotatable bonds is 6. The van der Waals surface area contributed by atoms with E-state index in [1.54, 1.807) is 18.2 Å². The summed E-state index contributed by atoms with van der Waals surface area (Å²) in [7, 11) is -2.38. The largest absolute Gasteiger partial charge is 0.465 e. The molecule has 1 fully saturated rings. The number of ether oxygens (including phenoxy) is 1. The molecule has 29 heavy (non-hydrogen) atoms. The fraction of sp³-hybridized carbons (Fsp3) is 0.316. The standard InChI is InChI=1S/C19H21N3O6S/c1-28-19(23)17-13-15(22(24)25)7-8-18(17)21-11-9-14(10-12-21)20-29(26,27)16-5-3-2-4-6-16/h2-8,13-14,20H,9-12H2,1H3. The lowest BCUT2D eigenvalue weighted by Gasteiger charge is -2.34. The Morgan fingerprint density at radius 1 is 1.17 bits per heavy atom. The van der Waals surface area contributed by atoms with Crippen LogP contribution in [0.5, 0.6) is 0 Å². The van der Waals surface area contributed by atoms with Crippen molar-refractivity contribution >= 4 is 27.4 Å². The molecular weight excluding hydrogens is 398 g/mol. The van der Waals surface area contributed by atoms with E-state index >= 15 is 0 Å². The van der Waals surface area contributed by atoms with Crippen molar-refractivity contribution in [3.63, 3.8) is 0 Å². The summed E-state index contributed by atoms with van der Waals surface area (Å²) in [5.74, 6) is -0.657. The van der Waals surface area contributed by atoms with Crippen molar-refractivity contribution in [1.82, 2.24) is 4.72 Å². The van der Waals surface area contributed by atoms with Crippen LogP contribution in [-0.4, -0.2) is 45.6 Å². The summed E-state index contributed by atoms with van der Waals surface area (Å²) in [6.07, 6.45) is 1.06. The number of esters is 1. The number of anilines is 1. The molecule has 0 aliphatic carbocycles. The molecule has 0 saturated carbocycles. The molecule has 0 bridgehead atoms. The van der Waals surface area contributed by atoms with E-state index < -0.39 is 20.9 Å². The van der Waals surface area contributed by atoms with Crippen LogP contribution in [-0.2, 0) is 14.8 Å². The van der Waals surface area contributed by atoms with Crippen molar-refractivity contribution in [2.24, 2.45) is 0 Å². The topological polar surface area (TPSA) is 119 Å². The normalized spacial score (nSPS) is 15.1. The summed E-state index contributed by atoms with van der Waals surface area (Å²) >= 11 is 0. The molecule has 0 unspecified atom stereocenters. The van der Waals surface area contributed by atoms with Gasteiger partial charge in [0.1, 0.15) is 0 Å². The lowest BCUT2D eigenvalue weighted by molar-refractivity contribution is -0.384. The summed E-state index contributed by atoms with van der Waals surface area (Å²) in [4.78, 5) is 24.7. The van der Waals surface area contributed by atoms with E-state index in [-0.39, 0.29) is 22.2 Å². The van der Waals surface area contributed by atoms with Gasteiger partial charge in [0.05, 0.1) is 28.2 Å². The quantitative estimate of drug-likeness (QED) is 0.433. The molecule has 1 heterocycles. The summed E-state index contributed by atoms with van der Waals surface area (Å²) in [5, 5.41) is 11.0. The Bertz CT molecular complexity index is 1000. The third-order valence-corrected chi connectivity index (χ3v) is 6.34. The van der Waals surface area contributed by atoms with E-state index in [9.17, 15) is 23.3 Å². The second-order valence-electron chi connectivity index (χ2n) is 6.65. The molecule has 10 heteroatoms. The molecule has 1 aliphatic heterocycles. The molecule has 154 valence electrons. The highest BCUT2D eigenvalue weighted by Gasteiger charge is 2.27. The van der Waals surface area contributed by atoms with Crippen molar-refractivity contribution < 1.29 is 22.9 Å². The molecule has 9 nitrogen and oxygen atoms in total. The van der Waals surface area contributed by atoms with Crippen LogP contribution in [0.15, 0.2) is 53.4 Å². The number of hydrogen-bond acceptors (Lipinski definition) is 7. The first kappa shape index (κ1) is 20.7. The molecule has 0 spiro atoms. The second-order valence-corrected chi connectivity index (χ2v) is 8.36. The lowest BCUT2D eigenvalue weighted by atomic mass is 10.0. The predicted molar refractivity (Wildman–Crippen MR) is 106 cm³/mol.